The van der Waals surface area contributed by atoms with E-state index in [9.17, 15) is 0 Å². The molecule has 0 saturated heterocycles. The molecule has 30 valence electrons. The molecule has 0 aromatic rings. The van der Waals surface area contributed by atoms with Crippen molar-refractivity contribution in [2.24, 2.45) is 0 Å². The Morgan fingerprint density at radius 3 is 2.17 bits per heavy atom. The van der Waals surface area contributed by atoms with E-state index < -0.39 is 0 Å². The zero-order valence-electron chi connectivity index (χ0n) is 3.98. The zero-order chi connectivity index (χ0) is 4.12. The summed E-state index contributed by atoms with van der Waals surface area (Å²) in [4.78, 5) is 0. The van der Waals surface area contributed by atoms with Gasteiger partial charge in [-0.2, -0.15) is 6.42 Å². The van der Waals surface area contributed by atoms with Gasteiger partial charge in [-0.3, -0.25) is 6.08 Å². The van der Waals surface area contributed by atoms with Crippen molar-refractivity contribution in [3.63, 3.8) is 0 Å². The summed E-state index contributed by atoms with van der Waals surface area (Å²) in [6.45, 7) is 8.54. The molecule has 0 spiro atoms. The second-order valence-corrected chi connectivity index (χ2v) is 0.878. The van der Waals surface area contributed by atoms with E-state index in [0.29, 0.717) is 0 Å². The summed E-state index contributed by atoms with van der Waals surface area (Å²) in [5, 5.41) is 0. The fourth-order valence-electron chi connectivity index (χ4n) is 0.118. The minimum absolute atomic E-state index is 0. The molecule has 0 aromatic heterocycles. The summed E-state index contributed by atoms with van der Waals surface area (Å²) in [5.74, 6) is 0. The molecule has 0 nitrogen and oxygen atoms in total. The van der Waals surface area contributed by atoms with E-state index >= 15 is 0 Å². The first-order chi connectivity index (χ1) is 2.41. The summed E-state index contributed by atoms with van der Waals surface area (Å²) in [6.07, 6.45) is 3.46. The number of hydrogen-bond acceptors (Lipinski definition) is 0. The van der Waals surface area contributed by atoms with Crippen LogP contribution >= 0.6 is 0 Å². The van der Waals surface area contributed by atoms with Gasteiger partial charge in [-0.1, -0.05) is 6.42 Å². The molecule has 0 bridgehead atoms. The Bertz CT molecular complexity index is 25.1. The number of hydrogen-bond donors (Lipinski definition) is 0. The molecule has 0 atom stereocenters. The van der Waals surface area contributed by atoms with Crippen molar-refractivity contribution in [3.05, 3.63) is 19.6 Å². The van der Waals surface area contributed by atoms with Crippen LogP contribution < -0.4 is 0 Å². The maximum absolute atomic E-state index is 4.97. The SMILES string of the molecule is [CH-]=CCC[CH2-].[Mg+2]. The van der Waals surface area contributed by atoms with E-state index in [0.717, 1.165) is 12.8 Å². The molecule has 0 amide bonds. The standard InChI is InChI=1S/C5H8.Mg/c1-3-5-4-2;/h1,3H,2,4-5H2;/q-2;+2. The Labute approximate surface area is 55.8 Å². The van der Waals surface area contributed by atoms with Crippen LogP contribution in [-0.4, -0.2) is 23.1 Å². The van der Waals surface area contributed by atoms with Crippen molar-refractivity contribution < 1.29 is 0 Å². The Morgan fingerprint density at radius 1 is 1.67 bits per heavy atom. The molecule has 0 aliphatic carbocycles. The van der Waals surface area contributed by atoms with E-state index in [-0.39, 0.29) is 23.1 Å². The molecule has 0 N–H and O–H groups in total. The van der Waals surface area contributed by atoms with Crippen molar-refractivity contribution in [2.75, 3.05) is 0 Å². The van der Waals surface area contributed by atoms with E-state index in [1.54, 1.807) is 6.08 Å². The van der Waals surface area contributed by atoms with Gasteiger partial charge in [0.1, 0.15) is 0 Å². The van der Waals surface area contributed by atoms with E-state index in [4.69, 9.17) is 6.58 Å². The fourth-order valence-corrected chi connectivity index (χ4v) is 0.118. The van der Waals surface area contributed by atoms with Crippen molar-refractivity contribution >= 4 is 23.1 Å². The third-order valence-corrected chi connectivity index (χ3v) is 0.371. The van der Waals surface area contributed by atoms with Gasteiger partial charge in [0.15, 0.2) is 0 Å². The molecule has 0 aliphatic heterocycles. The number of rotatable bonds is 2. The zero-order valence-corrected chi connectivity index (χ0v) is 5.40. The van der Waals surface area contributed by atoms with Gasteiger partial charge in [0.25, 0.3) is 0 Å². The minimum Gasteiger partial charge on any atom is -0.518 e. The molecule has 0 aromatic carbocycles. The maximum Gasteiger partial charge on any atom is 2.00 e. The fraction of sp³-hybridized carbons (Fsp3) is 0.400. The summed E-state index contributed by atoms with van der Waals surface area (Å²) in [5.41, 5.74) is 0. The normalized spacial score (nSPS) is 6.17. The molecule has 0 heterocycles. The summed E-state index contributed by atoms with van der Waals surface area (Å²) >= 11 is 0. The molecule has 0 fully saturated rings. The molecule has 0 radical (unpaired) electrons. The Balaban J connectivity index is 0. The van der Waals surface area contributed by atoms with Crippen LogP contribution in [0.2, 0.25) is 0 Å². The summed E-state index contributed by atoms with van der Waals surface area (Å²) in [7, 11) is 0. The first kappa shape index (κ1) is 9.71. The van der Waals surface area contributed by atoms with Crippen LogP contribution in [-0.2, 0) is 0 Å². The predicted molar refractivity (Wildman–Crippen MR) is 29.2 cm³/mol. The van der Waals surface area contributed by atoms with E-state index in [2.05, 4.69) is 6.92 Å². The van der Waals surface area contributed by atoms with Crippen LogP contribution in [0, 0.1) is 13.5 Å². The predicted octanol–water partition coefficient (Wildman–Crippen LogP) is 1.21. The molecule has 0 rings (SSSR count). The maximum atomic E-state index is 4.97. The van der Waals surface area contributed by atoms with E-state index in [1.165, 1.54) is 0 Å². The van der Waals surface area contributed by atoms with Gasteiger partial charge in [-0.15, -0.1) is 0 Å². The van der Waals surface area contributed by atoms with Crippen LogP contribution in [0.3, 0.4) is 0 Å². The summed E-state index contributed by atoms with van der Waals surface area (Å²) in [6, 6.07) is 0. The Kier molecular flexibility index (Phi) is 14.7. The van der Waals surface area contributed by atoms with Crippen molar-refractivity contribution in [1.29, 1.82) is 0 Å². The Morgan fingerprint density at radius 2 is 2.17 bits per heavy atom. The van der Waals surface area contributed by atoms with Crippen LogP contribution in [0.25, 0.3) is 0 Å². The van der Waals surface area contributed by atoms with Crippen LogP contribution in [0.15, 0.2) is 6.08 Å². The van der Waals surface area contributed by atoms with Gasteiger partial charge in [0.05, 0.1) is 0 Å². The monoisotopic (exact) mass is 92.0 g/mol. The average Bonchev–Trinajstić information content (AvgIpc) is 1.41. The van der Waals surface area contributed by atoms with Crippen LogP contribution in [0.4, 0.5) is 0 Å². The molecule has 1 heteroatoms. The molecule has 6 heavy (non-hydrogen) atoms. The summed E-state index contributed by atoms with van der Waals surface area (Å²) < 4.78 is 0. The smallest absolute Gasteiger partial charge is 0.518 e. The van der Waals surface area contributed by atoms with Crippen molar-refractivity contribution in [2.45, 2.75) is 12.8 Å². The third kappa shape index (κ3) is 8.82. The quantitative estimate of drug-likeness (QED) is 0.355. The topological polar surface area (TPSA) is 0 Å². The first-order valence-electron chi connectivity index (χ1n) is 1.74. The van der Waals surface area contributed by atoms with Crippen LogP contribution in [0.1, 0.15) is 12.8 Å². The molecule has 0 unspecified atom stereocenters. The van der Waals surface area contributed by atoms with Gasteiger partial charge in [0.2, 0.25) is 0 Å². The minimum atomic E-state index is 0. The molecular weight excluding hydrogens is 84.4 g/mol. The average molecular weight is 92.4 g/mol. The second-order valence-electron chi connectivity index (χ2n) is 0.878. The van der Waals surface area contributed by atoms with Crippen LogP contribution in [0.5, 0.6) is 0 Å². The molecule has 0 saturated carbocycles. The second kappa shape index (κ2) is 9.09. The number of allylic oxidation sites excluding steroid dienone is 1. The van der Waals surface area contributed by atoms with Gasteiger partial charge < -0.3 is 13.5 Å². The van der Waals surface area contributed by atoms with Crippen molar-refractivity contribution in [1.82, 2.24) is 0 Å². The molecule has 0 aliphatic rings. The Hall–Kier alpha value is 0.506. The first-order valence-corrected chi connectivity index (χ1v) is 1.74. The van der Waals surface area contributed by atoms with Gasteiger partial charge in [0, 0.05) is 0 Å². The van der Waals surface area contributed by atoms with E-state index in [1.807, 2.05) is 0 Å². The molecular formula is C5H8Mg. The largest absolute Gasteiger partial charge is 2.00 e. The third-order valence-electron chi connectivity index (χ3n) is 0.371. The van der Waals surface area contributed by atoms with Gasteiger partial charge in [-0.25, -0.2) is 0 Å². The van der Waals surface area contributed by atoms with Crippen molar-refractivity contribution in [3.8, 4) is 0 Å². The van der Waals surface area contributed by atoms with Gasteiger partial charge in [-0.05, 0) is 0 Å². The van der Waals surface area contributed by atoms with Gasteiger partial charge >= 0.3 is 23.1 Å². The number of unbranched alkanes of at least 4 members (excludes halogenated alkanes) is 1.